The molecule has 2 aromatic carbocycles. The van der Waals surface area contributed by atoms with Crippen molar-refractivity contribution in [2.24, 2.45) is 0 Å². The molecule has 0 aliphatic rings. The van der Waals surface area contributed by atoms with Crippen molar-refractivity contribution in [3.8, 4) is 5.75 Å². The molecule has 0 radical (unpaired) electrons. The maximum atomic E-state index is 12.2. The topological polar surface area (TPSA) is 88.7 Å². The summed E-state index contributed by atoms with van der Waals surface area (Å²) in [7, 11) is 0. The molecule has 0 aliphatic heterocycles. The third kappa shape index (κ3) is 8.23. The highest BCUT2D eigenvalue weighted by Crippen LogP contribution is 2.17. The first kappa shape index (κ1) is 22.2. The molecule has 2 aromatic rings. The molecule has 0 bridgehead atoms. The summed E-state index contributed by atoms with van der Waals surface area (Å²) in [5, 5.41) is 8.70. The summed E-state index contributed by atoms with van der Waals surface area (Å²) in [6, 6.07) is 14.2. The van der Waals surface area contributed by atoms with Crippen LogP contribution in [0.15, 0.2) is 48.5 Å². The Kier molecular flexibility index (Phi) is 9.51. The number of anilines is 2. The molecule has 0 saturated carbocycles. The van der Waals surface area contributed by atoms with Gasteiger partial charge in [0.2, 0.25) is 5.91 Å². The number of carbonyl (C=O) groups is 2. The Morgan fingerprint density at radius 2 is 1.76 bits per heavy atom. The van der Waals surface area contributed by atoms with Crippen LogP contribution in [0.5, 0.6) is 5.75 Å². The fourth-order valence-corrected chi connectivity index (χ4v) is 2.49. The molecule has 0 aromatic heterocycles. The van der Waals surface area contributed by atoms with Crippen LogP contribution in [-0.4, -0.2) is 44.7 Å². The van der Waals surface area contributed by atoms with Crippen LogP contribution in [0.1, 0.15) is 30.6 Å². The van der Waals surface area contributed by atoms with E-state index in [0.717, 1.165) is 12.1 Å². The Balaban J connectivity index is 1.78. The lowest BCUT2D eigenvalue weighted by Gasteiger charge is -2.10. The zero-order valence-electron chi connectivity index (χ0n) is 17.0. The van der Waals surface area contributed by atoms with Crippen molar-refractivity contribution in [1.29, 1.82) is 0 Å². The van der Waals surface area contributed by atoms with Gasteiger partial charge in [0.15, 0.2) is 0 Å². The van der Waals surface area contributed by atoms with Crippen LogP contribution in [0.2, 0.25) is 0 Å². The quantitative estimate of drug-likeness (QED) is 0.477. The highest BCUT2D eigenvalue weighted by molar-refractivity contribution is 5.95. The van der Waals surface area contributed by atoms with Gasteiger partial charge in [-0.05, 0) is 49.7 Å². The third-order valence-corrected chi connectivity index (χ3v) is 3.95. The number of benzene rings is 2. The van der Waals surface area contributed by atoms with E-state index in [-0.39, 0.29) is 18.4 Å². The van der Waals surface area contributed by atoms with Crippen molar-refractivity contribution < 1.29 is 19.1 Å². The van der Waals surface area contributed by atoms with Crippen molar-refractivity contribution in [3.05, 3.63) is 54.1 Å². The van der Waals surface area contributed by atoms with Crippen LogP contribution in [0.25, 0.3) is 0 Å². The van der Waals surface area contributed by atoms with Crippen LogP contribution in [0, 0.1) is 0 Å². The Morgan fingerprint density at radius 3 is 2.48 bits per heavy atom. The van der Waals surface area contributed by atoms with Crippen LogP contribution in [0.4, 0.5) is 11.4 Å². The van der Waals surface area contributed by atoms with Gasteiger partial charge < -0.3 is 25.4 Å². The summed E-state index contributed by atoms with van der Waals surface area (Å²) in [5.41, 5.74) is 2.02. The third-order valence-electron chi connectivity index (χ3n) is 3.95. The van der Waals surface area contributed by atoms with E-state index in [1.165, 1.54) is 0 Å². The number of carbonyl (C=O) groups excluding carboxylic acids is 2. The molecule has 7 heteroatoms. The largest absolute Gasteiger partial charge is 0.491 e. The van der Waals surface area contributed by atoms with Crippen LogP contribution >= 0.6 is 0 Å². The van der Waals surface area contributed by atoms with Gasteiger partial charge in [0.25, 0.3) is 5.91 Å². The summed E-state index contributed by atoms with van der Waals surface area (Å²) >= 11 is 0. The van der Waals surface area contributed by atoms with E-state index in [0.29, 0.717) is 43.4 Å². The molecule has 0 aliphatic carbocycles. The average molecular weight is 399 g/mol. The second-order valence-electron chi connectivity index (χ2n) is 6.31. The second kappa shape index (κ2) is 12.4. The first-order valence-electron chi connectivity index (χ1n) is 9.85. The molecule has 3 N–H and O–H groups in total. The van der Waals surface area contributed by atoms with Crippen LogP contribution in [0.3, 0.4) is 0 Å². The Labute approximate surface area is 171 Å². The van der Waals surface area contributed by atoms with E-state index in [2.05, 4.69) is 16.0 Å². The Morgan fingerprint density at radius 1 is 0.966 bits per heavy atom. The number of amides is 2. The molecule has 2 amide bonds. The van der Waals surface area contributed by atoms with Crippen molar-refractivity contribution in [3.63, 3.8) is 0 Å². The van der Waals surface area contributed by atoms with E-state index in [4.69, 9.17) is 9.47 Å². The van der Waals surface area contributed by atoms with Crippen molar-refractivity contribution in [2.75, 3.05) is 43.5 Å². The summed E-state index contributed by atoms with van der Waals surface area (Å²) in [4.78, 5) is 24.1. The zero-order valence-corrected chi connectivity index (χ0v) is 17.0. The first-order valence-corrected chi connectivity index (χ1v) is 9.85. The van der Waals surface area contributed by atoms with Gasteiger partial charge in [0.05, 0.1) is 13.2 Å². The number of hydrogen-bond donors (Lipinski definition) is 3. The molecule has 0 heterocycles. The average Bonchev–Trinajstić information content (AvgIpc) is 2.74. The van der Waals surface area contributed by atoms with Crippen LogP contribution in [-0.2, 0) is 9.53 Å². The van der Waals surface area contributed by atoms with Gasteiger partial charge in [-0.25, -0.2) is 0 Å². The van der Waals surface area contributed by atoms with Gasteiger partial charge in [0.1, 0.15) is 12.4 Å². The fourth-order valence-electron chi connectivity index (χ4n) is 2.49. The number of ether oxygens (including phenoxy) is 2. The van der Waals surface area contributed by atoms with Crippen molar-refractivity contribution in [2.45, 2.75) is 20.3 Å². The van der Waals surface area contributed by atoms with E-state index < -0.39 is 0 Å². The number of rotatable bonds is 12. The highest BCUT2D eigenvalue weighted by Gasteiger charge is 2.06. The minimum absolute atomic E-state index is 0.0977. The van der Waals surface area contributed by atoms with Gasteiger partial charge in [-0.1, -0.05) is 13.0 Å². The maximum Gasteiger partial charge on any atom is 0.251 e. The van der Waals surface area contributed by atoms with Crippen molar-refractivity contribution >= 4 is 23.2 Å². The van der Waals surface area contributed by atoms with Gasteiger partial charge in [-0.2, -0.15) is 0 Å². The Bertz CT molecular complexity index is 778. The lowest BCUT2D eigenvalue weighted by Crippen LogP contribution is -2.24. The van der Waals surface area contributed by atoms with E-state index >= 15 is 0 Å². The highest BCUT2D eigenvalue weighted by atomic mass is 16.5. The monoisotopic (exact) mass is 399 g/mol. The van der Waals surface area contributed by atoms with Crippen LogP contribution < -0.4 is 20.7 Å². The fraction of sp³-hybridized carbons (Fsp3) is 0.364. The predicted octanol–water partition coefficient (Wildman–Crippen LogP) is 3.29. The molecule has 0 spiro atoms. The maximum absolute atomic E-state index is 12.2. The Hall–Kier alpha value is -3.06. The summed E-state index contributed by atoms with van der Waals surface area (Å²) < 4.78 is 10.8. The van der Waals surface area contributed by atoms with Crippen molar-refractivity contribution in [1.82, 2.24) is 5.32 Å². The molecule has 29 heavy (non-hydrogen) atoms. The van der Waals surface area contributed by atoms with Gasteiger partial charge >= 0.3 is 0 Å². The standard InChI is InChI=1S/C22H29N3O4/c1-3-12-23-22(27)17-8-10-18(11-9-17)24-16-21(26)25-19-6-5-7-20(15-19)29-14-13-28-4-2/h5-11,15,24H,3-4,12-14,16H2,1-2H3,(H,23,27)(H,25,26). The molecule has 0 saturated heterocycles. The minimum atomic E-state index is -0.179. The lowest BCUT2D eigenvalue weighted by atomic mass is 10.2. The van der Waals surface area contributed by atoms with E-state index in [9.17, 15) is 9.59 Å². The molecule has 2 rings (SSSR count). The lowest BCUT2D eigenvalue weighted by molar-refractivity contribution is -0.114. The molecule has 0 unspecified atom stereocenters. The van der Waals surface area contributed by atoms with Gasteiger partial charge in [-0.15, -0.1) is 0 Å². The number of hydrogen-bond acceptors (Lipinski definition) is 5. The van der Waals surface area contributed by atoms with E-state index in [1.54, 1.807) is 36.4 Å². The second-order valence-corrected chi connectivity index (χ2v) is 6.31. The minimum Gasteiger partial charge on any atom is -0.491 e. The zero-order chi connectivity index (χ0) is 20.9. The van der Waals surface area contributed by atoms with Gasteiger partial charge in [-0.3, -0.25) is 9.59 Å². The molecule has 0 atom stereocenters. The normalized spacial score (nSPS) is 10.3. The van der Waals surface area contributed by atoms with E-state index in [1.807, 2.05) is 26.0 Å². The molecule has 0 fully saturated rings. The number of nitrogens with one attached hydrogen (secondary N) is 3. The van der Waals surface area contributed by atoms with Gasteiger partial charge in [0, 0.05) is 36.2 Å². The SMILES string of the molecule is CCCNC(=O)c1ccc(NCC(=O)Nc2cccc(OCCOCC)c2)cc1. The smallest absolute Gasteiger partial charge is 0.251 e. The molecular formula is C22H29N3O4. The predicted molar refractivity (Wildman–Crippen MR) is 115 cm³/mol. The molecule has 156 valence electrons. The summed E-state index contributed by atoms with van der Waals surface area (Å²) in [5.74, 6) is 0.396. The molecule has 7 nitrogen and oxygen atoms in total. The summed E-state index contributed by atoms with van der Waals surface area (Å²) in [6.45, 7) is 6.33. The summed E-state index contributed by atoms with van der Waals surface area (Å²) in [6.07, 6.45) is 0.892. The first-order chi connectivity index (χ1) is 14.1. The molecular weight excluding hydrogens is 370 g/mol.